The van der Waals surface area contributed by atoms with Crippen molar-refractivity contribution in [1.29, 1.82) is 0 Å². The number of rotatable bonds is 2. The molecule has 3 fully saturated rings. The Morgan fingerprint density at radius 1 is 1.06 bits per heavy atom. The van der Waals surface area contributed by atoms with E-state index in [1.54, 1.807) is 12.1 Å². The summed E-state index contributed by atoms with van der Waals surface area (Å²) in [5.41, 5.74) is 3.63. The molecule has 0 saturated heterocycles. The van der Waals surface area contributed by atoms with Gasteiger partial charge in [-0.2, -0.15) is 0 Å². The van der Waals surface area contributed by atoms with E-state index >= 15 is 0 Å². The SMILES string of the molecule is CC12CCC(O)CC1=CCC1C2CCC2(C)C(O)/C(=C/c3ccc([N+](=O)[O-])cc3)CC12. The highest BCUT2D eigenvalue weighted by Crippen LogP contribution is 2.65. The van der Waals surface area contributed by atoms with Crippen LogP contribution in [0.2, 0.25) is 0 Å². The Morgan fingerprint density at radius 2 is 1.81 bits per heavy atom. The lowest BCUT2D eigenvalue weighted by Gasteiger charge is -2.57. The van der Waals surface area contributed by atoms with Crippen LogP contribution in [0.4, 0.5) is 5.69 Å². The monoisotopic (exact) mass is 423 g/mol. The van der Waals surface area contributed by atoms with Gasteiger partial charge in [-0.1, -0.05) is 31.6 Å². The molecule has 5 rings (SSSR count). The van der Waals surface area contributed by atoms with Crippen molar-refractivity contribution in [2.24, 2.45) is 28.6 Å². The van der Waals surface area contributed by atoms with Crippen LogP contribution in [0.25, 0.3) is 6.08 Å². The summed E-state index contributed by atoms with van der Waals surface area (Å²) in [4.78, 5) is 10.5. The summed E-state index contributed by atoms with van der Waals surface area (Å²) in [6, 6.07) is 6.61. The molecule has 0 aromatic heterocycles. The molecule has 166 valence electrons. The third kappa shape index (κ3) is 3.20. The molecule has 3 saturated carbocycles. The summed E-state index contributed by atoms with van der Waals surface area (Å²) in [5.74, 6) is 1.65. The Balaban J connectivity index is 1.44. The number of aliphatic hydroxyl groups is 2. The standard InChI is InChI=1S/C26H33NO4/c1-25-11-9-20(28)15-18(25)5-8-21-22(25)10-12-26(2)23(21)14-17(24(26)29)13-16-3-6-19(7-4-16)27(30)31/h3-7,13,20-24,28-29H,8-12,14-15H2,1-2H3/b17-13+. The molecule has 7 unspecified atom stereocenters. The lowest BCUT2D eigenvalue weighted by atomic mass is 9.48. The van der Waals surface area contributed by atoms with Gasteiger partial charge in [-0.05, 0) is 91.4 Å². The van der Waals surface area contributed by atoms with E-state index in [9.17, 15) is 20.3 Å². The topological polar surface area (TPSA) is 83.6 Å². The molecule has 0 bridgehead atoms. The summed E-state index contributed by atoms with van der Waals surface area (Å²) >= 11 is 0. The second-order valence-corrected chi connectivity index (χ2v) is 10.9. The lowest BCUT2D eigenvalue weighted by molar-refractivity contribution is -0.384. The number of nitrogens with zero attached hydrogens (tertiary/aromatic N) is 1. The second-order valence-electron chi connectivity index (χ2n) is 10.9. The molecule has 31 heavy (non-hydrogen) atoms. The molecular formula is C26H33NO4. The van der Waals surface area contributed by atoms with E-state index in [1.165, 1.54) is 17.7 Å². The maximum absolute atomic E-state index is 11.3. The van der Waals surface area contributed by atoms with Crippen LogP contribution in [-0.2, 0) is 0 Å². The van der Waals surface area contributed by atoms with Gasteiger partial charge >= 0.3 is 0 Å². The first-order valence-electron chi connectivity index (χ1n) is 11.7. The fourth-order valence-corrected chi connectivity index (χ4v) is 7.55. The first kappa shape index (κ1) is 20.9. The molecule has 1 aromatic rings. The molecule has 0 amide bonds. The van der Waals surface area contributed by atoms with Gasteiger partial charge in [0.25, 0.3) is 5.69 Å². The fraction of sp³-hybridized carbons (Fsp3) is 0.615. The molecular weight excluding hydrogens is 390 g/mol. The van der Waals surface area contributed by atoms with E-state index in [2.05, 4.69) is 26.0 Å². The van der Waals surface area contributed by atoms with Crippen molar-refractivity contribution in [1.82, 2.24) is 0 Å². The lowest BCUT2D eigenvalue weighted by Crippen LogP contribution is -2.51. The van der Waals surface area contributed by atoms with Crippen molar-refractivity contribution < 1.29 is 15.1 Å². The zero-order chi connectivity index (χ0) is 22.0. The van der Waals surface area contributed by atoms with Crippen molar-refractivity contribution >= 4 is 11.8 Å². The van der Waals surface area contributed by atoms with Crippen molar-refractivity contribution in [2.45, 2.75) is 71.0 Å². The largest absolute Gasteiger partial charge is 0.393 e. The van der Waals surface area contributed by atoms with Crippen LogP contribution >= 0.6 is 0 Å². The van der Waals surface area contributed by atoms with Gasteiger partial charge < -0.3 is 10.2 Å². The van der Waals surface area contributed by atoms with Crippen LogP contribution in [0, 0.1) is 38.7 Å². The van der Waals surface area contributed by atoms with E-state index in [1.807, 2.05) is 0 Å². The van der Waals surface area contributed by atoms with Gasteiger partial charge in [-0.25, -0.2) is 0 Å². The van der Waals surface area contributed by atoms with Crippen LogP contribution in [0.1, 0.15) is 64.4 Å². The number of allylic oxidation sites excluding steroid dienone is 1. The molecule has 4 aliphatic carbocycles. The fourth-order valence-electron chi connectivity index (χ4n) is 7.55. The van der Waals surface area contributed by atoms with Crippen molar-refractivity contribution in [3.8, 4) is 0 Å². The number of hydrogen-bond acceptors (Lipinski definition) is 4. The third-order valence-electron chi connectivity index (χ3n) is 9.40. The number of hydrogen-bond donors (Lipinski definition) is 2. The number of fused-ring (bicyclic) bond motifs is 5. The van der Waals surface area contributed by atoms with Gasteiger partial charge in [-0.3, -0.25) is 10.1 Å². The Morgan fingerprint density at radius 3 is 2.52 bits per heavy atom. The Bertz CT molecular complexity index is 951. The maximum atomic E-state index is 11.3. The van der Waals surface area contributed by atoms with E-state index < -0.39 is 6.10 Å². The maximum Gasteiger partial charge on any atom is 0.269 e. The van der Waals surface area contributed by atoms with Gasteiger partial charge in [0, 0.05) is 17.5 Å². The minimum absolute atomic E-state index is 0.0910. The summed E-state index contributed by atoms with van der Waals surface area (Å²) in [6.45, 7) is 4.69. The van der Waals surface area contributed by atoms with E-state index in [0.29, 0.717) is 17.8 Å². The quantitative estimate of drug-likeness (QED) is 0.385. The van der Waals surface area contributed by atoms with E-state index in [0.717, 1.165) is 56.1 Å². The summed E-state index contributed by atoms with van der Waals surface area (Å²) in [5, 5.41) is 32.5. The predicted octanol–water partition coefficient (Wildman–Crippen LogP) is 5.27. The molecule has 4 aliphatic rings. The minimum atomic E-state index is -0.458. The van der Waals surface area contributed by atoms with Crippen LogP contribution in [0.3, 0.4) is 0 Å². The molecule has 0 spiro atoms. The van der Waals surface area contributed by atoms with E-state index in [4.69, 9.17) is 0 Å². The second kappa shape index (κ2) is 7.28. The number of non-ortho nitro benzene ring substituents is 1. The molecule has 5 nitrogen and oxygen atoms in total. The van der Waals surface area contributed by atoms with Crippen LogP contribution in [0.15, 0.2) is 41.5 Å². The molecule has 2 N–H and O–H groups in total. The van der Waals surface area contributed by atoms with Crippen molar-refractivity contribution in [2.75, 3.05) is 0 Å². The van der Waals surface area contributed by atoms with Crippen LogP contribution in [-0.4, -0.2) is 27.3 Å². The summed E-state index contributed by atoms with van der Waals surface area (Å²) in [6.07, 6.45) is 10.7. The first-order valence-corrected chi connectivity index (χ1v) is 11.7. The number of aliphatic hydroxyl groups excluding tert-OH is 2. The smallest absolute Gasteiger partial charge is 0.269 e. The zero-order valence-corrected chi connectivity index (χ0v) is 18.5. The summed E-state index contributed by atoms with van der Waals surface area (Å²) in [7, 11) is 0. The zero-order valence-electron chi connectivity index (χ0n) is 18.5. The average Bonchev–Trinajstić information content (AvgIpc) is 2.99. The van der Waals surface area contributed by atoms with Gasteiger partial charge in [0.15, 0.2) is 0 Å². The molecule has 0 aliphatic heterocycles. The molecule has 7 atom stereocenters. The van der Waals surface area contributed by atoms with Gasteiger partial charge in [0.2, 0.25) is 0 Å². The first-order chi connectivity index (χ1) is 14.7. The number of benzene rings is 1. The summed E-state index contributed by atoms with van der Waals surface area (Å²) < 4.78 is 0. The van der Waals surface area contributed by atoms with Crippen LogP contribution in [0.5, 0.6) is 0 Å². The van der Waals surface area contributed by atoms with Crippen molar-refractivity contribution in [3.05, 3.63) is 57.2 Å². The average molecular weight is 424 g/mol. The normalized spacial score (nSPS) is 43.0. The highest BCUT2D eigenvalue weighted by Gasteiger charge is 2.59. The Labute approximate surface area is 184 Å². The van der Waals surface area contributed by atoms with Gasteiger partial charge in [-0.15, -0.1) is 0 Å². The number of nitro benzene ring substituents is 1. The predicted molar refractivity (Wildman–Crippen MR) is 120 cm³/mol. The number of nitro groups is 1. The highest BCUT2D eigenvalue weighted by molar-refractivity contribution is 5.57. The Kier molecular flexibility index (Phi) is 4.91. The Hall–Kier alpha value is -1.98. The molecule has 0 radical (unpaired) electrons. The minimum Gasteiger partial charge on any atom is -0.393 e. The molecule has 5 heteroatoms. The molecule has 1 aromatic carbocycles. The highest BCUT2D eigenvalue weighted by atomic mass is 16.6. The molecule has 0 heterocycles. The van der Waals surface area contributed by atoms with Gasteiger partial charge in [0.05, 0.1) is 17.1 Å². The van der Waals surface area contributed by atoms with E-state index in [-0.39, 0.29) is 27.5 Å². The van der Waals surface area contributed by atoms with Crippen molar-refractivity contribution in [3.63, 3.8) is 0 Å². The van der Waals surface area contributed by atoms with Crippen LogP contribution < -0.4 is 0 Å². The van der Waals surface area contributed by atoms with Gasteiger partial charge in [0.1, 0.15) is 0 Å². The third-order valence-corrected chi connectivity index (χ3v) is 9.40.